The molecule has 0 saturated heterocycles. The first-order valence-corrected chi connectivity index (χ1v) is 7.72. The first kappa shape index (κ1) is 21.1. The second kappa shape index (κ2) is 8.70. The number of alkyl carbamates (subject to hydrolysis) is 1. The van der Waals surface area contributed by atoms with Gasteiger partial charge in [0.1, 0.15) is 5.60 Å². The van der Waals surface area contributed by atoms with E-state index >= 15 is 0 Å². The molecule has 0 heterocycles. The molecule has 0 aliphatic heterocycles. The molecule has 0 bridgehead atoms. The van der Waals surface area contributed by atoms with Crippen LogP contribution in [0.15, 0.2) is 0 Å². The van der Waals surface area contributed by atoms with Crippen LogP contribution in [0, 0.1) is 0 Å². The Labute approximate surface area is 134 Å². The minimum atomic E-state index is -0.496. The lowest BCUT2D eigenvalue weighted by Crippen LogP contribution is -2.40. The van der Waals surface area contributed by atoms with E-state index in [0.29, 0.717) is 19.6 Å². The molecule has 0 aromatic carbocycles. The maximum atomic E-state index is 11.6. The van der Waals surface area contributed by atoms with Crippen LogP contribution in [0.1, 0.15) is 54.9 Å². The Morgan fingerprint density at radius 2 is 1.59 bits per heavy atom. The summed E-state index contributed by atoms with van der Waals surface area (Å²) in [5, 5.41) is 11.5. The van der Waals surface area contributed by atoms with Crippen molar-refractivity contribution in [2.75, 3.05) is 26.4 Å². The fourth-order valence-corrected chi connectivity index (χ4v) is 1.58. The predicted octanol–water partition coefficient (Wildman–Crippen LogP) is 2.48. The lowest BCUT2D eigenvalue weighted by atomic mass is 10.0. The molecule has 0 atom stereocenters. The van der Waals surface area contributed by atoms with Gasteiger partial charge in [0.05, 0.1) is 31.0 Å². The van der Waals surface area contributed by atoms with E-state index in [0.717, 1.165) is 0 Å². The van der Waals surface area contributed by atoms with Crippen molar-refractivity contribution in [2.45, 2.75) is 71.7 Å². The van der Waals surface area contributed by atoms with E-state index in [-0.39, 0.29) is 13.2 Å². The van der Waals surface area contributed by atoms with Crippen LogP contribution in [0.5, 0.6) is 0 Å². The standard InChI is InChI=1S/C16H33NO5/c1-14(2,3)22-13(19)17-9-8-15(4,5)21-12-16(6,7)20-11-10-18/h18H,8-12H2,1-7H3,(H,17,19). The zero-order valence-electron chi connectivity index (χ0n) is 15.1. The van der Waals surface area contributed by atoms with Crippen molar-refractivity contribution in [3.8, 4) is 0 Å². The quantitative estimate of drug-likeness (QED) is 0.683. The first-order valence-electron chi connectivity index (χ1n) is 7.72. The second-order valence-electron chi connectivity index (χ2n) is 7.56. The average Bonchev–Trinajstić information content (AvgIpc) is 2.32. The van der Waals surface area contributed by atoms with Crippen LogP contribution >= 0.6 is 0 Å². The van der Waals surface area contributed by atoms with Gasteiger partial charge in [-0.25, -0.2) is 4.79 Å². The van der Waals surface area contributed by atoms with E-state index in [1.165, 1.54) is 0 Å². The zero-order valence-corrected chi connectivity index (χ0v) is 15.1. The van der Waals surface area contributed by atoms with Gasteiger partial charge in [-0.2, -0.15) is 0 Å². The van der Waals surface area contributed by atoms with Crippen molar-refractivity contribution in [1.82, 2.24) is 5.32 Å². The van der Waals surface area contributed by atoms with Crippen LogP contribution in [-0.2, 0) is 14.2 Å². The smallest absolute Gasteiger partial charge is 0.407 e. The monoisotopic (exact) mass is 319 g/mol. The number of carbonyl (C=O) groups excluding carboxylic acids is 1. The van der Waals surface area contributed by atoms with Crippen molar-refractivity contribution < 1.29 is 24.1 Å². The summed E-state index contributed by atoms with van der Waals surface area (Å²) in [5.41, 5.74) is -1.35. The van der Waals surface area contributed by atoms with Gasteiger partial charge in [0.15, 0.2) is 0 Å². The summed E-state index contributed by atoms with van der Waals surface area (Å²) in [5.74, 6) is 0. The van der Waals surface area contributed by atoms with Crippen LogP contribution in [0.2, 0.25) is 0 Å². The third kappa shape index (κ3) is 11.8. The minimum Gasteiger partial charge on any atom is -0.444 e. The molecular formula is C16H33NO5. The van der Waals surface area contributed by atoms with Gasteiger partial charge < -0.3 is 24.6 Å². The molecule has 0 rings (SSSR count). The first-order chi connectivity index (χ1) is 9.87. The Morgan fingerprint density at radius 3 is 2.09 bits per heavy atom. The molecule has 0 unspecified atom stereocenters. The van der Waals surface area contributed by atoms with Gasteiger partial charge in [0, 0.05) is 6.54 Å². The van der Waals surface area contributed by atoms with Crippen molar-refractivity contribution in [3.05, 3.63) is 0 Å². The number of nitrogens with one attached hydrogen (secondary N) is 1. The van der Waals surface area contributed by atoms with Crippen molar-refractivity contribution in [3.63, 3.8) is 0 Å². The number of amides is 1. The van der Waals surface area contributed by atoms with E-state index in [4.69, 9.17) is 19.3 Å². The molecule has 1 amide bonds. The Balaban J connectivity index is 4.07. The Bertz CT molecular complexity index is 334. The molecule has 0 fully saturated rings. The van der Waals surface area contributed by atoms with Crippen molar-refractivity contribution in [2.24, 2.45) is 0 Å². The highest BCUT2D eigenvalue weighted by molar-refractivity contribution is 5.67. The maximum absolute atomic E-state index is 11.6. The van der Waals surface area contributed by atoms with Crippen LogP contribution in [0.4, 0.5) is 4.79 Å². The van der Waals surface area contributed by atoms with E-state index in [1.54, 1.807) is 0 Å². The number of carbonyl (C=O) groups is 1. The molecule has 132 valence electrons. The van der Waals surface area contributed by atoms with E-state index in [9.17, 15) is 4.79 Å². The fourth-order valence-electron chi connectivity index (χ4n) is 1.58. The van der Waals surface area contributed by atoms with Gasteiger partial charge in [-0.05, 0) is 54.9 Å². The molecule has 0 aromatic heterocycles. The lowest BCUT2D eigenvalue weighted by molar-refractivity contribution is -0.125. The molecule has 0 spiro atoms. The summed E-state index contributed by atoms with van der Waals surface area (Å²) >= 11 is 0. The highest BCUT2D eigenvalue weighted by Crippen LogP contribution is 2.19. The lowest BCUT2D eigenvalue weighted by Gasteiger charge is -2.32. The molecule has 0 aliphatic carbocycles. The number of hydrogen-bond acceptors (Lipinski definition) is 5. The third-order valence-electron chi connectivity index (χ3n) is 2.79. The van der Waals surface area contributed by atoms with Crippen LogP contribution in [0.3, 0.4) is 0 Å². The molecule has 0 saturated carbocycles. The number of ether oxygens (including phenoxy) is 3. The zero-order chi connectivity index (χ0) is 17.4. The summed E-state index contributed by atoms with van der Waals surface area (Å²) in [6, 6.07) is 0. The summed E-state index contributed by atoms with van der Waals surface area (Å²) < 4.78 is 16.6. The van der Waals surface area contributed by atoms with Crippen LogP contribution in [-0.4, -0.2) is 54.4 Å². The second-order valence-corrected chi connectivity index (χ2v) is 7.56. The van der Waals surface area contributed by atoms with E-state index in [1.807, 2.05) is 48.5 Å². The molecule has 0 aliphatic rings. The highest BCUT2D eigenvalue weighted by atomic mass is 16.6. The van der Waals surface area contributed by atoms with Gasteiger partial charge in [0.2, 0.25) is 0 Å². The van der Waals surface area contributed by atoms with Gasteiger partial charge >= 0.3 is 6.09 Å². The van der Waals surface area contributed by atoms with Crippen molar-refractivity contribution >= 4 is 6.09 Å². The van der Waals surface area contributed by atoms with Crippen LogP contribution in [0.25, 0.3) is 0 Å². The number of aliphatic hydroxyl groups excluding tert-OH is 1. The third-order valence-corrected chi connectivity index (χ3v) is 2.79. The molecular weight excluding hydrogens is 286 g/mol. The Hall–Kier alpha value is -0.850. The Morgan fingerprint density at radius 1 is 1.00 bits per heavy atom. The maximum Gasteiger partial charge on any atom is 0.407 e. The van der Waals surface area contributed by atoms with Crippen LogP contribution < -0.4 is 5.32 Å². The summed E-state index contributed by atoms with van der Waals surface area (Å²) in [6.45, 7) is 14.4. The Kier molecular flexibility index (Phi) is 8.36. The van der Waals surface area contributed by atoms with Gasteiger partial charge in [0.25, 0.3) is 0 Å². The highest BCUT2D eigenvalue weighted by Gasteiger charge is 2.25. The number of rotatable bonds is 9. The van der Waals surface area contributed by atoms with Gasteiger partial charge in [-0.1, -0.05) is 0 Å². The molecule has 6 heteroatoms. The summed E-state index contributed by atoms with van der Waals surface area (Å²) in [4.78, 5) is 11.6. The largest absolute Gasteiger partial charge is 0.444 e. The topological polar surface area (TPSA) is 77.0 Å². The SMILES string of the molecule is CC(C)(C)OC(=O)NCCC(C)(C)OCC(C)(C)OCCO. The van der Waals surface area contributed by atoms with Gasteiger partial charge in [-0.3, -0.25) is 0 Å². The average molecular weight is 319 g/mol. The number of aliphatic hydroxyl groups is 1. The van der Waals surface area contributed by atoms with E-state index < -0.39 is 22.9 Å². The molecule has 0 aromatic rings. The molecule has 0 radical (unpaired) electrons. The predicted molar refractivity (Wildman–Crippen MR) is 86.0 cm³/mol. The molecule has 22 heavy (non-hydrogen) atoms. The minimum absolute atomic E-state index is 0.00731. The van der Waals surface area contributed by atoms with Gasteiger partial charge in [-0.15, -0.1) is 0 Å². The summed E-state index contributed by atoms with van der Waals surface area (Å²) in [6.07, 6.45) is 0.234. The molecule has 2 N–H and O–H groups in total. The number of hydrogen-bond donors (Lipinski definition) is 2. The summed E-state index contributed by atoms with van der Waals surface area (Å²) in [7, 11) is 0. The normalized spacial score (nSPS) is 13.1. The fraction of sp³-hybridized carbons (Fsp3) is 0.938. The molecule has 6 nitrogen and oxygen atoms in total. The van der Waals surface area contributed by atoms with E-state index in [2.05, 4.69) is 5.32 Å². The van der Waals surface area contributed by atoms with Crippen molar-refractivity contribution in [1.29, 1.82) is 0 Å².